The van der Waals surface area contributed by atoms with Crippen LogP contribution in [-0.2, 0) is 0 Å². The van der Waals surface area contributed by atoms with Crippen LogP contribution in [0, 0.1) is 5.92 Å². The molecule has 0 aliphatic carbocycles. The summed E-state index contributed by atoms with van der Waals surface area (Å²) in [7, 11) is 0. The van der Waals surface area contributed by atoms with Crippen molar-refractivity contribution in [2.45, 2.75) is 26.7 Å². The zero-order valence-corrected chi connectivity index (χ0v) is 13.7. The molecule has 0 fully saturated rings. The van der Waals surface area contributed by atoms with E-state index in [4.69, 9.17) is 0 Å². The third-order valence-electron chi connectivity index (χ3n) is 3.61. The lowest BCUT2D eigenvalue weighted by Crippen LogP contribution is -2.00. The Labute approximate surface area is 132 Å². The summed E-state index contributed by atoms with van der Waals surface area (Å²) in [5, 5.41) is 10.1. The third kappa shape index (κ3) is 3.70. The lowest BCUT2D eigenvalue weighted by atomic mass is 10.0. The predicted octanol–water partition coefficient (Wildman–Crippen LogP) is 5.14. The van der Waals surface area contributed by atoms with Gasteiger partial charge in [0.15, 0.2) is 0 Å². The average Bonchev–Trinajstić information content (AvgIpc) is 2.47. The van der Waals surface area contributed by atoms with Crippen molar-refractivity contribution in [2.75, 3.05) is 0 Å². The molecule has 0 aliphatic rings. The first-order valence-corrected chi connectivity index (χ1v) is 7.86. The van der Waals surface area contributed by atoms with E-state index < -0.39 is 5.97 Å². The number of carbonyl (C=O) groups is 1. The van der Waals surface area contributed by atoms with Gasteiger partial charge in [0, 0.05) is 9.86 Å². The first kappa shape index (κ1) is 15.7. The molecule has 0 saturated carbocycles. The number of aromatic nitrogens is 1. The molecule has 2 rings (SSSR count). The molecule has 1 heterocycles. The highest BCUT2D eigenvalue weighted by Gasteiger charge is 2.11. The summed E-state index contributed by atoms with van der Waals surface area (Å²) in [4.78, 5) is 16.0. The quantitative estimate of drug-likeness (QED) is 0.813. The molecule has 0 bridgehead atoms. The number of nitrogens with zero attached hydrogens (tertiary/aromatic N) is 1. The van der Waals surface area contributed by atoms with Crippen LogP contribution in [0.4, 0.5) is 0 Å². The number of fused-ring (bicyclic) bond motifs is 1. The Morgan fingerprint density at radius 3 is 2.67 bits per heavy atom. The molecule has 0 atom stereocenters. The van der Waals surface area contributed by atoms with Crippen LogP contribution in [0.3, 0.4) is 0 Å². The first-order valence-electron chi connectivity index (χ1n) is 7.07. The maximum Gasteiger partial charge on any atom is 0.336 e. The highest BCUT2D eigenvalue weighted by Crippen LogP contribution is 2.24. The van der Waals surface area contributed by atoms with Crippen molar-refractivity contribution in [3.8, 4) is 0 Å². The SMILES string of the molecule is CCC(C=Cc1cc(C(=O)O)c2cc(Br)ccc2n1)CC. The molecule has 1 aromatic heterocycles. The van der Waals surface area contributed by atoms with Crippen LogP contribution >= 0.6 is 15.9 Å². The number of pyridine rings is 1. The molecule has 0 spiro atoms. The topological polar surface area (TPSA) is 50.2 Å². The Morgan fingerprint density at radius 1 is 1.33 bits per heavy atom. The van der Waals surface area contributed by atoms with Gasteiger partial charge in [-0.3, -0.25) is 0 Å². The monoisotopic (exact) mass is 347 g/mol. The van der Waals surface area contributed by atoms with E-state index in [1.807, 2.05) is 18.2 Å². The second-order valence-corrected chi connectivity index (χ2v) is 5.91. The number of allylic oxidation sites excluding steroid dienone is 1. The molecule has 3 nitrogen and oxygen atoms in total. The average molecular weight is 348 g/mol. The molecule has 0 aliphatic heterocycles. The molecule has 110 valence electrons. The van der Waals surface area contributed by atoms with Crippen molar-refractivity contribution in [1.82, 2.24) is 4.98 Å². The van der Waals surface area contributed by atoms with Crippen LogP contribution < -0.4 is 0 Å². The molecule has 1 N–H and O–H groups in total. The van der Waals surface area contributed by atoms with Gasteiger partial charge in [-0.25, -0.2) is 9.78 Å². The number of aromatic carboxylic acids is 1. The minimum Gasteiger partial charge on any atom is -0.478 e. The normalized spacial score (nSPS) is 11.6. The Balaban J connectivity index is 2.52. The van der Waals surface area contributed by atoms with Crippen molar-refractivity contribution < 1.29 is 9.90 Å². The smallest absolute Gasteiger partial charge is 0.336 e. The Hall–Kier alpha value is -1.68. The summed E-state index contributed by atoms with van der Waals surface area (Å²) < 4.78 is 0.847. The van der Waals surface area contributed by atoms with Gasteiger partial charge in [-0.15, -0.1) is 0 Å². The molecular formula is C17H18BrNO2. The van der Waals surface area contributed by atoms with E-state index in [1.54, 1.807) is 12.1 Å². The second-order valence-electron chi connectivity index (χ2n) is 5.00. The van der Waals surface area contributed by atoms with Crippen LogP contribution in [0.25, 0.3) is 17.0 Å². The molecule has 2 aromatic rings. The van der Waals surface area contributed by atoms with Crippen molar-refractivity contribution >= 4 is 38.9 Å². The minimum absolute atomic E-state index is 0.283. The van der Waals surface area contributed by atoms with E-state index in [0.29, 0.717) is 22.5 Å². The Bertz CT molecular complexity index is 690. The number of carboxylic acids is 1. The number of hydrogen-bond donors (Lipinski definition) is 1. The molecule has 21 heavy (non-hydrogen) atoms. The fraction of sp³-hybridized carbons (Fsp3) is 0.294. The van der Waals surface area contributed by atoms with E-state index in [1.165, 1.54) is 0 Å². The van der Waals surface area contributed by atoms with Crippen molar-refractivity contribution in [3.05, 3.63) is 46.1 Å². The summed E-state index contributed by atoms with van der Waals surface area (Å²) in [6.07, 6.45) is 6.17. The van der Waals surface area contributed by atoms with Crippen molar-refractivity contribution in [2.24, 2.45) is 5.92 Å². The molecule has 4 heteroatoms. The second kappa shape index (κ2) is 6.85. The van der Waals surface area contributed by atoms with Crippen LogP contribution in [0.5, 0.6) is 0 Å². The van der Waals surface area contributed by atoms with E-state index in [-0.39, 0.29) is 5.56 Å². The number of carboxylic acid groups (broad SMARTS) is 1. The summed E-state index contributed by atoms with van der Waals surface area (Å²) in [6, 6.07) is 7.13. The highest BCUT2D eigenvalue weighted by molar-refractivity contribution is 9.10. The zero-order chi connectivity index (χ0) is 15.4. The maximum atomic E-state index is 11.5. The van der Waals surface area contributed by atoms with E-state index in [2.05, 4.69) is 40.8 Å². The van der Waals surface area contributed by atoms with Gasteiger partial charge < -0.3 is 5.11 Å². The Morgan fingerprint density at radius 2 is 2.05 bits per heavy atom. The van der Waals surface area contributed by atoms with Gasteiger partial charge in [-0.2, -0.15) is 0 Å². The van der Waals surface area contributed by atoms with E-state index >= 15 is 0 Å². The van der Waals surface area contributed by atoms with Crippen LogP contribution in [0.15, 0.2) is 34.8 Å². The molecular weight excluding hydrogens is 330 g/mol. The standard InChI is InChI=1S/C17H18BrNO2/c1-3-11(4-2)5-7-13-10-15(17(20)21)14-9-12(18)6-8-16(14)19-13/h5-11H,3-4H2,1-2H3,(H,20,21). The van der Waals surface area contributed by atoms with Crippen molar-refractivity contribution in [1.29, 1.82) is 0 Å². The lowest BCUT2D eigenvalue weighted by molar-refractivity contribution is 0.0699. The molecule has 0 radical (unpaired) electrons. The van der Waals surface area contributed by atoms with Gasteiger partial charge in [0.05, 0.1) is 16.8 Å². The minimum atomic E-state index is -0.933. The number of benzene rings is 1. The third-order valence-corrected chi connectivity index (χ3v) is 4.10. The summed E-state index contributed by atoms with van der Waals surface area (Å²) in [5.74, 6) is -0.432. The van der Waals surface area contributed by atoms with E-state index in [0.717, 1.165) is 17.3 Å². The molecule has 0 amide bonds. The maximum absolute atomic E-state index is 11.5. The Kier molecular flexibility index (Phi) is 5.12. The van der Waals surface area contributed by atoms with Gasteiger partial charge >= 0.3 is 5.97 Å². The van der Waals surface area contributed by atoms with Gasteiger partial charge in [0.1, 0.15) is 0 Å². The summed E-state index contributed by atoms with van der Waals surface area (Å²) in [5.41, 5.74) is 1.67. The van der Waals surface area contributed by atoms with Crippen LogP contribution in [0.1, 0.15) is 42.7 Å². The highest BCUT2D eigenvalue weighted by atomic mass is 79.9. The largest absolute Gasteiger partial charge is 0.478 e. The summed E-state index contributed by atoms with van der Waals surface area (Å²) >= 11 is 3.37. The van der Waals surface area contributed by atoms with Crippen LogP contribution in [0.2, 0.25) is 0 Å². The lowest BCUT2D eigenvalue weighted by Gasteiger charge is -2.07. The van der Waals surface area contributed by atoms with Crippen LogP contribution in [-0.4, -0.2) is 16.1 Å². The number of rotatable bonds is 5. The zero-order valence-electron chi connectivity index (χ0n) is 12.1. The fourth-order valence-corrected chi connectivity index (χ4v) is 2.64. The first-order chi connectivity index (χ1) is 10.0. The molecule has 1 aromatic carbocycles. The van der Waals surface area contributed by atoms with E-state index in [9.17, 15) is 9.90 Å². The van der Waals surface area contributed by atoms with Gasteiger partial charge in [0.2, 0.25) is 0 Å². The summed E-state index contributed by atoms with van der Waals surface area (Å²) in [6.45, 7) is 4.29. The number of halogens is 1. The number of hydrogen-bond acceptors (Lipinski definition) is 2. The predicted molar refractivity (Wildman–Crippen MR) is 89.5 cm³/mol. The fourth-order valence-electron chi connectivity index (χ4n) is 2.28. The van der Waals surface area contributed by atoms with Gasteiger partial charge in [-0.05, 0) is 49.1 Å². The van der Waals surface area contributed by atoms with Gasteiger partial charge in [0.25, 0.3) is 0 Å². The molecule has 0 saturated heterocycles. The van der Waals surface area contributed by atoms with Crippen molar-refractivity contribution in [3.63, 3.8) is 0 Å². The molecule has 0 unspecified atom stereocenters. The van der Waals surface area contributed by atoms with Gasteiger partial charge in [-0.1, -0.05) is 35.9 Å².